The van der Waals surface area contributed by atoms with Crippen molar-refractivity contribution in [2.75, 3.05) is 0 Å². The summed E-state index contributed by atoms with van der Waals surface area (Å²) in [6, 6.07) is 18.3. The summed E-state index contributed by atoms with van der Waals surface area (Å²) in [5.74, 6) is -2.07. The summed E-state index contributed by atoms with van der Waals surface area (Å²) in [4.78, 5) is 24.9. The first-order valence-electron chi connectivity index (χ1n) is 11.0. The number of nitriles is 1. The number of hydrogen-bond donors (Lipinski definition) is 1. The Labute approximate surface area is 200 Å². The zero-order valence-corrected chi connectivity index (χ0v) is 19.8. The van der Waals surface area contributed by atoms with Gasteiger partial charge in [-0.3, -0.25) is 4.79 Å². The molecule has 176 valence electrons. The van der Waals surface area contributed by atoms with Crippen LogP contribution in [0.25, 0.3) is 0 Å². The summed E-state index contributed by atoms with van der Waals surface area (Å²) < 4.78 is 11.2. The van der Waals surface area contributed by atoms with Gasteiger partial charge >= 0.3 is 11.9 Å². The second-order valence-electron chi connectivity index (χ2n) is 9.51. The first-order valence-corrected chi connectivity index (χ1v) is 11.0. The molecular formula is C28H29NO5. The zero-order chi connectivity index (χ0) is 25.1. The fourth-order valence-electron chi connectivity index (χ4n) is 4.64. The lowest BCUT2D eigenvalue weighted by molar-refractivity contribution is -0.147. The molecule has 0 unspecified atom stereocenters. The van der Waals surface area contributed by atoms with Crippen molar-refractivity contribution in [1.29, 1.82) is 5.26 Å². The molecule has 0 saturated heterocycles. The van der Waals surface area contributed by atoms with Gasteiger partial charge in [0, 0.05) is 12.0 Å². The Morgan fingerprint density at radius 1 is 1.15 bits per heavy atom. The van der Waals surface area contributed by atoms with E-state index in [1.807, 2.05) is 30.3 Å². The number of hydrogen-bond acceptors (Lipinski definition) is 5. The van der Waals surface area contributed by atoms with E-state index in [-0.39, 0.29) is 0 Å². The number of nitrogens with zero attached hydrogens (tertiary/aromatic N) is 1. The zero-order valence-electron chi connectivity index (χ0n) is 19.8. The Kier molecular flexibility index (Phi) is 6.70. The third-order valence-electron chi connectivity index (χ3n) is 6.64. The number of carbonyl (C=O) groups excluding carboxylic acids is 1. The van der Waals surface area contributed by atoms with E-state index < -0.39 is 40.2 Å². The molecule has 0 aliphatic heterocycles. The summed E-state index contributed by atoms with van der Waals surface area (Å²) in [6.45, 7) is 10.6. The molecule has 2 aromatic rings. The Hall–Kier alpha value is -3.85. The van der Waals surface area contributed by atoms with Crippen molar-refractivity contribution in [2.24, 2.45) is 16.7 Å². The van der Waals surface area contributed by atoms with E-state index in [9.17, 15) is 20.0 Å². The predicted octanol–water partition coefficient (Wildman–Crippen LogP) is 5.88. The molecular weight excluding hydrogens is 430 g/mol. The van der Waals surface area contributed by atoms with E-state index in [2.05, 4.69) is 12.6 Å². The number of allylic oxidation sites excluding steroid dienone is 1. The number of benzene rings is 2. The molecule has 1 saturated carbocycles. The molecule has 0 amide bonds. The Balaban J connectivity index is 1.92. The van der Waals surface area contributed by atoms with Crippen molar-refractivity contribution in [3.63, 3.8) is 0 Å². The number of aliphatic carboxylic acids is 1. The maximum Gasteiger partial charge on any atom is 0.331 e. The molecule has 2 aromatic carbocycles. The minimum absolute atomic E-state index is 0.505. The summed E-state index contributed by atoms with van der Waals surface area (Å²) in [5, 5.41) is 20.4. The average molecular weight is 460 g/mol. The van der Waals surface area contributed by atoms with Gasteiger partial charge < -0.3 is 14.6 Å². The number of rotatable bonds is 9. The van der Waals surface area contributed by atoms with Crippen LogP contribution in [0.1, 0.15) is 39.2 Å². The lowest BCUT2D eigenvalue weighted by atomic mass is 9.78. The van der Waals surface area contributed by atoms with E-state index in [0.29, 0.717) is 17.1 Å². The molecule has 0 aromatic heterocycles. The van der Waals surface area contributed by atoms with Crippen molar-refractivity contribution < 1.29 is 24.2 Å². The van der Waals surface area contributed by atoms with Crippen LogP contribution in [0, 0.1) is 28.1 Å². The normalized spacial score (nSPS) is 21.8. The van der Waals surface area contributed by atoms with Crippen LogP contribution in [-0.4, -0.2) is 22.6 Å². The third-order valence-corrected chi connectivity index (χ3v) is 6.64. The Morgan fingerprint density at radius 3 is 2.38 bits per heavy atom. The quantitative estimate of drug-likeness (QED) is 0.286. The number of carbonyl (C=O) groups is 2. The van der Waals surface area contributed by atoms with E-state index in [4.69, 9.17) is 9.47 Å². The summed E-state index contributed by atoms with van der Waals surface area (Å²) in [7, 11) is 0. The molecule has 0 spiro atoms. The number of carboxylic acids is 1. The van der Waals surface area contributed by atoms with Gasteiger partial charge in [-0.2, -0.15) is 5.26 Å². The van der Waals surface area contributed by atoms with Crippen molar-refractivity contribution in [3.05, 3.63) is 85.0 Å². The van der Waals surface area contributed by atoms with Gasteiger partial charge in [0.25, 0.3) is 0 Å². The van der Waals surface area contributed by atoms with Crippen molar-refractivity contribution >= 4 is 11.9 Å². The highest BCUT2D eigenvalue weighted by atomic mass is 16.6. The molecule has 1 aliphatic rings. The van der Waals surface area contributed by atoms with Crippen LogP contribution in [0.2, 0.25) is 0 Å². The fraction of sp³-hybridized carbons (Fsp3) is 0.321. The van der Waals surface area contributed by atoms with Crippen molar-refractivity contribution in [1.82, 2.24) is 0 Å². The van der Waals surface area contributed by atoms with Crippen LogP contribution in [-0.2, 0) is 14.3 Å². The monoisotopic (exact) mass is 459 g/mol. The van der Waals surface area contributed by atoms with Gasteiger partial charge in [0.2, 0.25) is 0 Å². The number of esters is 1. The summed E-state index contributed by atoms with van der Waals surface area (Å²) >= 11 is 0. The van der Waals surface area contributed by atoms with Gasteiger partial charge in [0.1, 0.15) is 22.5 Å². The lowest BCUT2D eigenvalue weighted by Crippen LogP contribution is -2.29. The van der Waals surface area contributed by atoms with Gasteiger partial charge in [0.05, 0.1) is 12.0 Å². The highest BCUT2D eigenvalue weighted by molar-refractivity contribution is 5.86. The molecule has 1 aliphatic carbocycles. The molecule has 1 N–H and O–H groups in total. The maximum absolute atomic E-state index is 12.6. The average Bonchev–Trinajstić information content (AvgIpc) is 3.29. The largest absolute Gasteiger partial charge is 0.481 e. The van der Waals surface area contributed by atoms with Gasteiger partial charge in [0.15, 0.2) is 0 Å². The van der Waals surface area contributed by atoms with Gasteiger partial charge in [-0.25, -0.2) is 4.79 Å². The van der Waals surface area contributed by atoms with Crippen LogP contribution in [0.3, 0.4) is 0 Å². The van der Waals surface area contributed by atoms with Gasteiger partial charge in [-0.05, 0) is 55.2 Å². The highest BCUT2D eigenvalue weighted by Crippen LogP contribution is 2.75. The number of ether oxygens (including phenoxy) is 2. The van der Waals surface area contributed by atoms with Crippen LogP contribution in [0.4, 0.5) is 0 Å². The first-order chi connectivity index (χ1) is 16.0. The fourth-order valence-corrected chi connectivity index (χ4v) is 4.64. The topological polar surface area (TPSA) is 96.6 Å². The molecule has 3 rings (SSSR count). The van der Waals surface area contributed by atoms with Gasteiger partial charge in [-0.15, -0.1) is 0 Å². The van der Waals surface area contributed by atoms with Crippen molar-refractivity contribution in [3.8, 4) is 17.6 Å². The standard InChI is InChI=1S/C28H29NO5/c1-6-26(2,3)34-24(30)16-15-23-27(4,5)28(23,25(31)32)22(18-29)19-11-10-14-21(17-19)33-20-12-8-7-9-13-20/h6-17,22-23H,1H2,2-5H3,(H,31,32)/b16-15-/t22-,23-,28+/m0/s1. The molecule has 1 fully saturated rings. The SMILES string of the molecule is C=CC(C)(C)OC(=O)/C=C\[C@H]1C(C)(C)[C@]1(C(=O)O)[C@@H](C#N)c1cccc(Oc2ccccc2)c1. The Morgan fingerprint density at radius 2 is 1.79 bits per heavy atom. The van der Waals surface area contributed by atoms with Crippen LogP contribution in [0.5, 0.6) is 11.5 Å². The van der Waals surface area contributed by atoms with Crippen LogP contribution >= 0.6 is 0 Å². The molecule has 3 atom stereocenters. The number of carboxylic acid groups (broad SMARTS) is 1. The second-order valence-corrected chi connectivity index (χ2v) is 9.51. The Bertz CT molecular complexity index is 1160. The van der Waals surface area contributed by atoms with E-state index in [1.54, 1.807) is 58.0 Å². The molecule has 6 nitrogen and oxygen atoms in total. The lowest BCUT2D eigenvalue weighted by Gasteiger charge is -2.22. The smallest absolute Gasteiger partial charge is 0.331 e. The molecule has 0 bridgehead atoms. The highest BCUT2D eigenvalue weighted by Gasteiger charge is 2.78. The predicted molar refractivity (Wildman–Crippen MR) is 128 cm³/mol. The van der Waals surface area contributed by atoms with Crippen LogP contribution in [0.15, 0.2) is 79.4 Å². The molecule has 34 heavy (non-hydrogen) atoms. The molecule has 6 heteroatoms. The van der Waals surface area contributed by atoms with Gasteiger partial charge in [-0.1, -0.05) is 56.8 Å². The van der Waals surface area contributed by atoms with E-state index in [0.717, 1.165) is 0 Å². The minimum Gasteiger partial charge on any atom is -0.481 e. The van der Waals surface area contributed by atoms with Crippen LogP contribution < -0.4 is 4.74 Å². The third kappa shape index (κ3) is 4.47. The summed E-state index contributed by atoms with van der Waals surface area (Å²) in [6.07, 6.45) is 4.30. The molecule has 0 radical (unpaired) electrons. The summed E-state index contributed by atoms with van der Waals surface area (Å²) in [5.41, 5.74) is -2.51. The minimum atomic E-state index is -1.42. The maximum atomic E-state index is 12.6. The molecule has 0 heterocycles. The second kappa shape index (κ2) is 9.18. The number of para-hydroxylation sites is 1. The first kappa shape index (κ1) is 24.8. The van der Waals surface area contributed by atoms with E-state index >= 15 is 0 Å². The van der Waals surface area contributed by atoms with E-state index in [1.165, 1.54) is 12.2 Å². The van der Waals surface area contributed by atoms with Crippen molar-refractivity contribution in [2.45, 2.75) is 39.2 Å².